The fourth-order valence-corrected chi connectivity index (χ4v) is 5.66. The van der Waals surface area contributed by atoms with Crippen LogP contribution in [0.5, 0.6) is 0 Å². The molecule has 0 bridgehead atoms. The van der Waals surface area contributed by atoms with Crippen molar-refractivity contribution in [1.82, 2.24) is 9.88 Å². The van der Waals surface area contributed by atoms with E-state index in [0.717, 1.165) is 32.4 Å². The number of H-pyrrole nitrogens is 1. The number of benzene rings is 2. The molecule has 3 atom stereocenters. The first-order valence-electron chi connectivity index (χ1n) is 11.8. The van der Waals surface area contributed by atoms with Crippen molar-refractivity contribution in [2.75, 3.05) is 20.2 Å². The zero-order chi connectivity index (χ0) is 22.1. The van der Waals surface area contributed by atoms with E-state index in [1.54, 1.807) is 7.11 Å². The molecule has 1 saturated heterocycles. The number of rotatable bonds is 4. The Labute approximate surface area is 189 Å². The second-order valence-electron chi connectivity index (χ2n) is 9.28. The number of aliphatic hydroxyl groups is 1. The summed E-state index contributed by atoms with van der Waals surface area (Å²) in [5.74, 6) is 0.623. The first kappa shape index (κ1) is 21.2. The molecule has 3 aromatic rings. The van der Waals surface area contributed by atoms with Crippen molar-refractivity contribution in [3.05, 3.63) is 60.2 Å². The van der Waals surface area contributed by atoms with Crippen molar-refractivity contribution in [3.8, 4) is 11.3 Å². The number of para-hydroxylation sites is 1. The van der Waals surface area contributed by atoms with Gasteiger partial charge in [-0.1, -0.05) is 48.5 Å². The molecular formula is C27H32N2O3. The van der Waals surface area contributed by atoms with Crippen LogP contribution in [0.4, 0.5) is 0 Å². The number of aromatic amines is 1. The van der Waals surface area contributed by atoms with E-state index in [2.05, 4.69) is 53.5 Å². The van der Waals surface area contributed by atoms with Crippen LogP contribution in [0.3, 0.4) is 0 Å². The van der Waals surface area contributed by atoms with Crippen LogP contribution in [0.1, 0.15) is 43.6 Å². The highest BCUT2D eigenvalue weighted by Crippen LogP contribution is 2.40. The molecule has 2 N–H and O–H groups in total. The minimum Gasteiger partial charge on any atom is -0.390 e. The number of hydrogen-bond acceptors (Lipinski definition) is 3. The van der Waals surface area contributed by atoms with Crippen molar-refractivity contribution < 1.29 is 14.6 Å². The molecule has 1 saturated carbocycles. The number of carbonyl (C=O) groups excluding carboxylic acids is 1. The molecular weight excluding hydrogens is 400 g/mol. The summed E-state index contributed by atoms with van der Waals surface area (Å²) >= 11 is 0. The molecule has 168 valence electrons. The summed E-state index contributed by atoms with van der Waals surface area (Å²) in [6.07, 6.45) is 3.27. The molecule has 1 amide bonds. The average Bonchev–Trinajstić information content (AvgIpc) is 3.24. The van der Waals surface area contributed by atoms with Gasteiger partial charge in [0.2, 0.25) is 5.91 Å². The van der Waals surface area contributed by atoms with Crippen LogP contribution in [-0.2, 0) is 9.53 Å². The molecule has 5 rings (SSSR count). The minimum atomic E-state index is -0.451. The van der Waals surface area contributed by atoms with Crippen molar-refractivity contribution in [1.29, 1.82) is 0 Å². The lowest BCUT2D eigenvalue weighted by Gasteiger charge is -2.38. The number of fused-ring (bicyclic) bond motifs is 1. The van der Waals surface area contributed by atoms with E-state index in [0.29, 0.717) is 18.8 Å². The Kier molecular flexibility index (Phi) is 6.03. The third-order valence-corrected chi connectivity index (χ3v) is 7.43. The molecule has 0 unspecified atom stereocenters. The Balaban J connectivity index is 1.34. The van der Waals surface area contributed by atoms with Crippen LogP contribution in [0, 0.1) is 5.92 Å². The van der Waals surface area contributed by atoms with Gasteiger partial charge >= 0.3 is 0 Å². The maximum Gasteiger partial charge on any atom is 0.225 e. The molecule has 0 spiro atoms. The predicted octanol–water partition coefficient (Wildman–Crippen LogP) is 4.72. The van der Waals surface area contributed by atoms with Crippen molar-refractivity contribution in [2.45, 2.75) is 50.2 Å². The summed E-state index contributed by atoms with van der Waals surface area (Å²) in [5, 5.41) is 11.4. The average molecular weight is 433 g/mol. The third kappa shape index (κ3) is 3.96. The van der Waals surface area contributed by atoms with E-state index >= 15 is 0 Å². The molecule has 0 radical (unpaired) electrons. The SMILES string of the molecule is CO[C@@H]1C[C@H](C(=O)N2CCC(c3c(-c4ccccc4)[nH]c4ccccc34)CC2)CC[C@@H]1O. The van der Waals surface area contributed by atoms with Gasteiger partial charge in [0.15, 0.2) is 0 Å². The number of piperidine rings is 1. The number of carbonyl (C=O) groups is 1. The van der Waals surface area contributed by atoms with Gasteiger partial charge in [-0.15, -0.1) is 0 Å². The topological polar surface area (TPSA) is 65.6 Å². The fraction of sp³-hybridized carbons (Fsp3) is 0.444. The zero-order valence-corrected chi connectivity index (χ0v) is 18.7. The van der Waals surface area contributed by atoms with Gasteiger partial charge in [0, 0.05) is 42.7 Å². The first-order valence-corrected chi connectivity index (χ1v) is 11.8. The minimum absolute atomic E-state index is 0.0344. The smallest absolute Gasteiger partial charge is 0.225 e. The van der Waals surface area contributed by atoms with Crippen LogP contribution >= 0.6 is 0 Å². The maximum absolute atomic E-state index is 13.2. The fourth-order valence-electron chi connectivity index (χ4n) is 5.66. The van der Waals surface area contributed by atoms with E-state index in [4.69, 9.17) is 4.74 Å². The Morgan fingerprint density at radius 1 is 1.00 bits per heavy atom. The predicted molar refractivity (Wildman–Crippen MR) is 126 cm³/mol. The molecule has 5 nitrogen and oxygen atoms in total. The molecule has 2 aliphatic rings. The summed E-state index contributed by atoms with van der Waals surface area (Å²) in [6.45, 7) is 1.57. The standard InChI is InChI=1S/C27H32N2O3/c1-32-24-17-20(11-12-23(24)30)27(31)29-15-13-18(14-16-29)25-21-9-5-6-10-22(21)28-26(25)19-7-3-2-4-8-19/h2-10,18,20,23-24,28,30H,11-17H2,1H3/t20-,23+,24-/m1/s1. The number of aromatic nitrogens is 1. The Morgan fingerprint density at radius 2 is 1.72 bits per heavy atom. The second-order valence-corrected chi connectivity index (χ2v) is 9.28. The number of ether oxygens (including phenoxy) is 1. The highest BCUT2D eigenvalue weighted by atomic mass is 16.5. The number of methoxy groups -OCH3 is 1. The van der Waals surface area contributed by atoms with Crippen LogP contribution in [0.25, 0.3) is 22.2 Å². The summed E-state index contributed by atoms with van der Waals surface area (Å²) in [6, 6.07) is 19.1. The molecule has 32 heavy (non-hydrogen) atoms. The number of aliphatic hydroxyl groups excluding tert-OH is 1. The van der Waals surface area contributed by atoms with E-state index in [1.807, 2.05) is 11.0 Å². The molecule has 1 aromatic heterocycles. The highest BCUT2D eigenvalue weighted by Gasteiger charge is 2.36. The van der Waals surface area contributed by atoms with Gasteiger partial charge in [-0.25, -0.2) is 0 Å². The van der Waals surface area contributed by atoms with E-state index < -0.39 is 6.10 Å². The molecule has 5 heteroatoms. The number of hydrogen-bond donors (Lipinski definition) is 2. The van der Waals surface area contributed by atoms with Gasteiger partial charge in [0.05, 0.1) is 12.2 Å². The molecule has 2 heterocycles. The van der Waals surface area contributed by atoms with Crippen LogP contribution in [-0.4, -0.2) is 53.3 Å². The van der Waals surface area contributed by atoms with E-state index in [-0.39, 0.29) is 17.9 Å². The van der Waals surface area contributed by atoms with E-state index in [1.165, 1.54) is 27.7 Å². The van der Waals surface area contributed by atoms with Crippen LogP contribution in [0.15, 0.2) is 54.6 Å². The summed E-state index contributed by atoms with van der Waals surface area (Å²) in [4.78, 5) is 18.9. The Morgan fingerprint density at radius 3 is 2.47 bits per heavy atom. The number of likely N-dealkylation sites (tertiary alicyclic amines) is 1. The lowest BCUT2D eigenvalue weighted by Crippen LogP contribution is -2.45. The van der Waals surface area contributed by atoms with Crippen LogP contribution < -0.4 is 0 Å². The number of nitrogens with zero attached hydrogens (tertiary/aromatic N) is 1. The maximum atomic E-state index is 13.2. The normalized spacial score (nSPS) is 24.7. The highest BCUT2D eigenvalue weighted by molar-refractivity contribution is 5.91. The third-order valence-electron chi connectivity index (χ3n) is 7.43. The van der Waals surface area contributed by atoms with Gasteiger partial charge in [0.1, 0.15) is 0 Å². The molecule has 1 aliphatic carbocycles. The van der Waals surface area contributed by atoms with Gasteiger partial charge in [-0.2, -0.15) is 0 Å². The van der Waals surface area contributed by atoms with Gasteiger partial charge in [-0.05, 0) is 55.2 Å². The second kappa shape index (κ2) is 9.08. The largest absolute Gasteiger partial charge is 0.390 e. The first-order chi connectivity index (χ1) is 15.7. The van der Waals surface area contributed by atoms with Crippen LogP contribution in [0.2, 0.25) is 0 Å². The molecule has 1 aliphatic heterocycles. The number of amides is 1. The number of nitrogens with one attached hydrogen (secondary N) is 1. The lowest BCUT2D eigenvalue weighted by molar-refractivity contribution is -0.142. The Bertz CT molecular complexity index is 1070. The van der Waals surface area contributed by atoms with Crippen molar-refractivity contribution in [2.24, 2.45) is 5.92 Å². The van der Waals surface area contributed by atoms with Gasteiger partial charge in [0.25, 0.3) is 0 Å². The van der Waals surface area contributed by atoms with Crippen molar-refractivity contribution in [3.63, 3.8) is 0 Å². The summed E-state index contributed by atoms with van der Waals surface area (Å²) in [5.41, 5.74) is 4.98. The quantitative estimate of drug-likeness (QED) is 0.627. The van der Waals surface area contributed by atoms with Gasteiger partial charge in [-0.3, -0.25) is 4.79 Å². The Hall–Kier alpha value is -2.63. The van der Waals surface area contributed by atoms with Crippen molar-refractivity contribution >= 4 is 16.8 Å². The lowest BCUT2D eigenvalue weighted by atomic mass is 9.82. The molecule has 2 fully saturated rings. The van der Waals surface area contributed by atoms with E-state index in [9.17, 15) is 9.90 Å². The zero-order valence-electron chi connectivity index (χ0n) is 18.7. The summed E-state index contributed by atoms with van der Waals surface area (Å²) < 4.78 is 5.41. The monoisotopic (exact) mass is 432 g/mol. The van der Waals surface area contributed by atoms with Gasteiger partial charge < -0.3 is 19.7 Å². The summed E-state index contributed by atoms with van der Waals surface area (Å²) in [7, 11) is 1.62. The molecule has 2 aromatic carbocycles.